The van der Waals surface area contributed by atoms with Gasteiger partial charge in [0.05, 0.1) is 17.6 Å². The number of benzene rings is 1. The predicted octanol–water partition coefficient (Wildman–Crippen LogP) is 4.71. The Hall–Kier alpha value is -1.33. The summed E-state index contributed by atoms with van der Waals surface area (Å²) in [5.41, 5.74) is 1.71. The lowest BCUT2D eigenvalue weighted by molar-refractivity contribution is 0.0179. The summed E-state index contributed by atoms with van der Waals surface area (Å²) in [6.07, 6.45) is 6.88. The Morgan fingerprint density at radius 2 is 2.10 bits per heavy atom. The van der Waals surface area contributed by atoms with Crippen LogP contribution in [0.5, 0.6) is 0 Å². The van der Waals surface area contributed by atoms with Crippen LogP contribution in [0.2, 0.25) is 0 Å². The van der Waals surface area contributed by atoms with Crippen molar-refractivity contribution in [1.82, 2.24) is 0 Å². The van der Waals surface area contributed by atoms with Gasteiger partial charge < -0.3 is 5.11 Å². The Labute approximate surface area is 127 Å². The third-order valence-electron chi connectivity index (χ3n) is 5.52. The Morgan fingerprint density at radius 1 is 1.33 bits per heavy atom. The van der Waals surface area contributed by atoms with Crippen molar-refractivity contribution >= 4 is 0 Å². The Morgan fingerprint density at radius 3 is 2.76 bits per heavy atom. The molecule has 0 saturated heterocycles. The summed E-state index contributed by atoms with van der Waals surface area (Å²) in [7, 11) is 0. The molecule has 21 heavy (non-hydrogen) atoms. The summed E-state index contributed by atoms with van der Waals surface area (Å²) < 4.78 is 0. The van der Waals surface area contributed by atoms with Gasteiger partial charge in [0.1, 0.15) is 0 Å². The van der Waals surface area contributed by atoms with Crippen molar-refractivity contribution in [2.24, 2.45) is 11.3 Å². The van der Waals surface area contributed by atoms with Crippen LogP contribution in [-0.4, -0.2) is 5.11 Å². The highest BCUT2D eigenvalue weighted by Gasteiger charge is 2.44. The van der Waals surface area contributed by atoms with Crippen LogP contribution in [0, 0.1) is 22.7 Å². The van der Waals surface area contributed by atoms with E-state index < -0.39 is 11.5 Å². The molecule has 0 aliphatic heterocycles. The highest BCUT2D eigenvalue weighted by molar-refractivity contribution is 5.37. The fraction of sp³-hybridized carbons (Fsp3) is 0.632. The van der Waals surface area contributed by atoms with Gasteiger partial charge in [-0.05, 0) is 48.6 Å². The first-order valence-corrected chi connectivity index (χ1v) is 8.38. The van der Waals surface area contributed by atoms with Gasteiger partial charge in [-0.1, -0.05) is 50.5 Å². The van der Waals surface area contributed by atoms with Gasteiger partial charge in [-0.2, -0.15) is 5.26 Å². The van der Waals surface area contributed by atoms with Crippen LogP contribution in [0.25, 0.3) is 0 Å². The van der Waals surface area contributed by atoms with Crippen LogP contribution in [-0.2, 0) is 0 Å². The van der Waals surface area contributed by atoms with Crippen molar-refractivity contribution in [3.05, 3.63) is 35.4 Å². The molecule has 3 rings (SSSR count). The molecule has 1 N–H and O–H groups in total. The summed E-state index contributed by atoms with van der Waals surface area (Å²) in [4.78, 5) is 0. The minimum absolute atomic E-state index is 0.579. The highest BCUT2D eigenvalue weighted by Crippen LogP contribution is 2.51. The molecule has 2 fully saturated rings. The van der Waals surface area contributed by atoms with Gasteiger partial charge in [0.15, 0.2) is 0 Å². The van der Waals surface area contributed by atoms with E-state index >= 15 is 0 Å². The van der Waals surface area contributed by atoms with Crippen LogP contribution in [0.1, 0.15) is 75.0 Å². The van der Waals surface area contributed by atoms with Crippen molar-refractivity contribution in [1.29, 1.82) is 5.26 Å². The number of nitriles is 1. The average Bonchev–Trinajstić information content (AvgIpc) is 3.39. The van der Waals surface area contributed by atoms with E-state index in [1.54, 1.807) is 0 Å². The molecule has 2 aliphatic rings. The van der Waals surface area contributed by atoms with Crippen LogP contribution in [0.4, 0.5) is 0 Å². The number of aliphatic hydroxyl groups excluding tert-OH is 1. The first kappa shape index (κ1) is 14.6. The van der Waals surface area contributed by atoms with E-state index in [1.165, 1.54) is 24.8 Å². The average molecular weight is 283 g/mol. The van der Waals surface area contributed by atoms with E-state index in [-0.39, 0.29) is 0 Å². The molecular weight excluding hydrogens is 258 g/mol. The monoisotopic (exact) mass is 283 g/mol. The van der Waals surface area contributed by atoms with Gasteiger partial charge in [0.25, 0.3) is 0 Å². The summed E-state index contributed by atoms with van der Waals surface area (Å²) in [6.45, 7) is 2.20. The molecule has 3 atom stereocenters. The highest BCUT2D eigenvalue weighted by atomic mass is 16.3. The normalized spacial score (nSPS) is 30.6. The van der Waals surface area contributed by atoms with Crippen molar-refractivity contribution < 1.29 is 5.11 Å². The second kappa shape index (κ2) is 5.81. The van der Waals surface area contributed by atoms with Crippen molar-refractivity contribution in [2.45, 2.75) is 63.9 Å². The maximum Gasteiger partial charge on any atom is 0.0979 e. The van der Waals surface area contributed by atoms with E-state index in [0.29, 0.717) is 11.8 Å². The Bertz CT molecular complexity index is 543. The van der Waals surface area contributed by atoms with Crippen molar-refractivity contribution in [2.75, 3.05) is 0 Å². The lowest BCUT2D eigenvalue weighted by Crippen LogP contribution is -2.34. The first-order valence-electron chi connectivity index (χ1n) is 8.38. The molecule has 2 aliphatic carbocycles. The minimum atomic E-state index is -0.631. The number of rotatable bonds is 4. The maximum absolute atomic E-state index is 11.0. The van der Waals surface area contributed by atoms with Crippen LogP contribution >= 0.6 is 0 Å². The first-order chi connectivity index (χ1) is 10.2. The van der Waals surface area contributed by atoms with E-state index in [1.807, 2.05) is 12.1 Å². The van der Waals surface area contributed by atoms with Crippen molar-refractivity contribution in [3.8, 4) is 6.07 Å². The van der Waals surface area contributed by atoms with E-state index in [2.05, 4.69) is 25.1 Å². The summed E-state index contributed by atoms with van der Waals surface area (Å²) in [6, 6.07) is 10.7. The molecule has 0 spiro atoms. The van der Waals surface area contributed by atoms with Gasteiger partial charge in [-0.25, -0.2) is 0 Å². The quantitative estimate of drug-likeness (QED) is 0.869. The molecule has 2 nitrogen and oxygen atoms in total. The predicted molar refractivity (Wildman–Crippen MR) is 83.7 cm³/mol. The Kier molecular flexibility index (Phi) is 4.04. The largest absolute Gasteiger partial charge is 0.387 e. The molecule has 1 aromatic rings. The fourth-order valence-electron chi connectivity index (χ4n) is 4.01. The standard InChI is InChI=1S/C19H25NO/c1-2-14-6-5-11-19(12-14,13-20)18(21)17-8-4-3-7-16(17)15-9-10-15/h3-4,7-8,14-15,18,21H,2,5-6,9-12H2,1H3. The molecule has 0 aromatic heterocycles. The van der Waals surface area contributed by atoms with Crippen LogP contribution in [0.3, 0.4) is 0 Å². The Balaban J connectivity index is 1.92. The lowest BCUT2D eigenvalue weighted by atomic mass is 9.65. The van der Waals surface area contributed by atoms with E-state index in [4.69, 9.17) is 0 Å². The molecule has 112 valence electrons. The second-order valence-corrected chi connectivity index (χ2v) is 6.94. The third kappa shape index (κ3) is 2.72. The summed E-state index contributed by atoms with van der Waals surface area (Å²) in [5.74, 6) is 1.19. The zero-order valence-electron chi connectivity index (χ0n) is 12.9. The molecule has 0 radical (unpaired) electrons. The maximum atomic E-state index is 11.0. The summed E-state index contributed by atoms with van der Waals surface area (Å²) >= 11 is 0. The van der Waals surface area contributed by atoms with Gasteiger partial charge in [-0.15, -0.1) is 0 Å². The van der Waals surface area contributed by atoms with Gasteiger partial charge in [-0.3, -0.25) is 0 Å². The molecule has 0 amide bonds. The number of hydrogen-bond acceptors (Lipinski definition) is 2. The minimum Gasteiger partial charge on any atom is -0.387 e. The van der Waals surface area contributed by atoms with Crippen LogP contribution in [0.15, 0.2) is 24.3 Å². The van der Waals surface area contributed by atoms with Gasteiger partial charge >= 0.3 is 0 Å². The topological polar surface area (TPSA) is 44.0 Å². The van der Waals surface area contributed by atoms with Crippen molar-refractivity contribution in [3.63, 3.8) is 0 Å². The SMILES string of the molecule is CCC1CCCC(C#N)(C(O)c2ccccc2C2CC2)C1. The molecule has 0 heterocycles. The zero-order valence-corrected chi connectivity index (χ0v) is 12.9. The lowest BCUT2D eigenvalue weighted by Gasteiger charge is -2.39. The zero-order chi connectivity index (χ0) is 14.9. The molecule has 2 saturated carbocycles. The smallest absolute Gasteiger partial charge is 0.0979 e. The third-order valence-corrected chi connectivity index (χ3v) is 5.52. The molecule has 0 bridgehead atoms. The second-order valence-electron chi connectivity index (χ2n) is 6.94. The molecule has 1 aromatic carbocycles. The van der Waals surface area contributed by atoms with E-state index in [0.717, 1.165) is 31.2 Å². The van der Waals surface area contributed by atoms with E-state index in [9.17, 15) is 10.4 Å². The number of aliphatic hydroxyl groups is 1. The molecule has 3 unspecified atom stereocenters. The fourth-order valence-corrected chi connectivity index (χ4v) is 4.01. The van der Waals surface area contributed by atoms with Gasteiger partial charge in [0.2, 0.25) is 0 Å². The molecule has 2 heteroatoms. The number of nitrogens with zero attached hydrogens (tertiary/aromatic N) is 1. The summed E-state index contributed by atoms with van der Waals surface area (Å²) in [5, 5.41) is 20.9. The van der Waals surface area contributed by atoms with Gasteiger partial charge in [0, 0.05) is 0 Å². The number of hydrogen-bond donors (Lipinski definition) is 1. The molecular formula is C19H25NO. The van der Waals surface area contributed by atoms with Crippen LogP contribution < -0.4 is 0 Å².